The number of alkyl halides is 3. The summed E-state index contributed by atoms with van der Waals surface area (Å²) in [4.78, 5) is 0. The van der Waals surface area contributed by atoms with Crippen LogP contribution in [0.2, 0.25) is 0 Å². The lowest BCUT2D eigenvalue weighted by atomic mass is 10.6. The van der Waals surface area contributed by atoms with Gasteiger partial charge in [0, 0.05) is 16.4 Å². The third kappa shape index (κ3) is 10.4. The summed E-state index contributed by atoms with van der Waals surface area (Å²) in [5.74, 6) is -0.701. The predicted molar refractivity (Wildman–Crippen MR) is 42.8 cm³/mol. The zero-order valence-corrected chi connectivity index (χ0v) is 8.16. The molecular formula is C4H6ClF3O2S2. The number of hydrogen-bond donors (Lipinski definition) is 0. The number of rotatable bonds is 4. The quantitative estimate of drug-likeness (QED) is 0.560. The van der Waals surface area contributed by atoms with Gasteiger partial charge in [0.1, 0.15) is 0 Å². The summed E-state index contributed by atoms with van der Waals surface area (Å²) in [6.07, 6.45) is -0.0873. The van der Waals surface area contributed by atoms with Crippen molar-refractivity contribution < 1.29 is 21.6 Å². The summed E-state index contributed by atoms with van der Waals surface area (Å²) < 4.78 is 54.8. The van der Waals surface area contributed by atoms with Crippen LogP contribution >= 0.6 is 22.4 Å². The van der Waals surface area contributed by atoms with Crippen molar-refractivity contribution in [1.82, 2.24) is 0 Å². The minimum absolute atomic E-state index is 0.0873. The molecule has 12 heavy (non-hydrogen) atoms. The van der Waals surface area contributed by atoms with Crippen LogP contribution in [0, 0.1) is 0 Å². The van der Waals surface area contributed by atoms with Crippen LogP contribution in [0.15, 0.2) is 0 Å². The molecule has 0 fully saturated rings. The maximum Gasteiger partial charge on any atom is 0.441 e. The summed E-state index contributed by atoms with van der Waals surface area (Å²) in [6, 6.07) is 0. The van der Waals surface area contributed by atoms with E-state index in [1.165, 1.54) is 0 Å². The molecule has 2 nitrogen and oxygen atoms in total. The lowest BCUT2D eigenvalue weighted by molar-refractivity contribution is -0.0327. The minimum Gasteiger partial charge on any atom is -0.212 e. The standard InChI is InChI=1S/C4H6ClF3O2S2/c5-12(9,10)3-1-2-11-4(6,7)8/h1-3H2. The maximum absolute atomic E-state index is 11.5. The highest BCUT2D eigenvalue weighted by Crippen LogP contribution is 2.30. The summed E-state index contributed by atoms with van der Waals surface area (Å²) in [5, 5.41) is 0. The van der Waals surface area contributed by atoms with E-state index in [-0.39, 0.29) is 23.9 Å². The lowest BCUT2D eigenvalue weighted by Crippen LogP contribution is -2.04. The topological polar surface area (TPSA) is 34.1 Å². The predicted octanol–water partition coefficient (Wildman–Crippen LogP) is 2.20. The Balaban J connectivity index is 3.48. The van der Waals surface area contributed by atoms with Crippen LogP contribution in [0.5, 0.6) is 0 Å². The van der Waals surface area contributed by atoms with Gasteiger partial charge in [-0.2, -0.15) is 13.2 Å². The third-order valence-corrected chi connectivity index (χ3v) is 2.86. The molecule has 0 bridgehead atoms. The van der Waals surface area contributed by atoms with E-state index in [0.29, 0.717) is 0 Å². The van der Waals surface area contributed by atoms with Gasteiger partial charge in [-0.05, 0) is 6.42 Å². The van der Waals surface area contributed by atoms with Crippen molar-refractivity contribution in [3.63, 3.8) is 0 Å². The summed E-state index contributed by atoms with van der Waals surface area (Å²) in [6.45, 7) is 0. The zero-order chi connectivity index (χ0) is 9.83. The molecule has 0 aromatic heterocycles. The molecule has 74 valence electrons. The Morgan fingerprint density at radius 1 is 1.33 bits per heavy atom. The summed E-state index contributed by atoms with van der Waals surface area (Å²) in [7, 11) is 1.11. The van der Waals surface area contributed by atoms with Gasteiger partial charge in [-0.15, -0.1) is 0 Å². The molecule has 8 heteroatoms. The second-order valence-corrected chi connectivity index (χ2v) is 5.95. The first-order valence-electron chi connectivity index (χ1n) is 2.84. The van der Waals surface area contributed by atoms with Gasteiger partial charge in [-0.3, -0.25) is 0 Å². The van der Waals surface area contributed by atoms with Crippen molar-refractivity contribution in [3.8, 4) is 0 Å². The van der Waals surface area contributed by atoms with E-state index < -0.39 is 20.3 Å². The lowest BCUT2D eigenvalue weighted by Gasteiger charge is -2.03. The maximum atomic E-state index is 11.5. The molecule has 0 unspecified atom stereocenters. The molecule has 0 aromatic carbocycles. The molecule has 0 spiro atoms. The van der Waals surface area contributed by atoms with E-state index in [4.69, 9.17) is 10.7 Å². The van der Waals surface area contributed by atoms with Crippen LogP contribution < -0.4 is 0 Å². The molecule has 0 saturated carbocycles. The fraction of sp³-hybridized carbons (Fsp3) is 1.00. The highest BCUT2D eigenvalue weighted by atomic mass is 35.7. The molecule has 0 rings (SSSR count). The average Bonchev–Trinajstić information content (AvgIpc) is 1.76. The van der Waals surface area contributed by atoms with Gasteiger partial charge in [0.15, 0.2) is 0 Å². The Morgan fingerprint density at radius 3 is 2.17 bits per heavy atom. The highest BCUT2D eigenvalue weighted by molar-refractivity contribution is 8.13. The normalized spacial score (nSPS) is 13.3. The molecule has 0 saturated heterocycles. The Labute approximate surface area is 76.9 Å². The van der Waals surface area contributed by atoms with Gasteiger partial charge in [0.05, 0.1) is 5.75 Å². The second-order valence-electron chi connectivity index (χ2n) is 1.89. The highest BCUT2D eigenvalue weighted by Gasteiger charge is 2.27. The molecule has 0 aromatic rings. The zero-order valence-electron chi connectivity index (χ0n) is 5.77. The SMILES string of the molecule is O=S(=O)(Cl)CCCSC(F)(F)F. The van der Waals surface area contributed by atoms with Gasteiger partial charge in [0.25, 0.3) is 0 Å². The monoisotopic (exact) mass is 242 g/mol. The van der Waals surface area contributed by atoms with E-state index in [9.17, 15) is 21.6 Å². The third-order valence-electron chi connectivity index (χ3n) is 0.798. The van der Waals surface area contributed by atoms with Crippen LogP contribution in [0.3, 0.4) is 0 Å². The first kappa shape index (κ1) is 12.4. The van der Waals surface area contributed by atoms with Crippen molar-refractivity contribution in [2.45, 2.75) is 11.9 Å². The average molecular weight is 243 g/mol. The van der Waals surface area contributed by atoms with E-state index in [1.54, 1.807) is 0 Å². The molecule has 0 aliphatic heterocycles. The first-order valence-corrected chi connectivity index (χ1v) is 6.30. The Bertz CT molecular complexity index is 223. The molecule has 0 radical (unpaired) electrons. The number of hydrogen-bond acceptors (Lipinski definition) is 3. The fourth-order valence-electron chi connectivity index (χ4n) is 0.419. The van der Waals surface area contributed by atoms with Crippen molar-refractivity contribution in [2.75, 3.05) is 11.5 Å². The van der Waals surface area contributed by atoms with Crippen LogP contribution in [-0.2, 0) is 9.05 Å². The molecule has 0 aliphatic carbocycles. The smallest absolute Gasteiger partial charge is 0.212 e. The van der Waals surface area contributed by atoms with Crippen LogP contribution in [-0.4, -0.2) is 25.4 Å². The first-order chi connectivity index (χ1) is 5.21. The largest absolute Gasteiger partial charge is 0.441 e. The fourth-order valence-corrected chi connectivity index (χ4v) is 1.94. The molecule has 0 heterocycles. The number of halogens is 4. The van der Waals surface area contributed by atoms with Gasteiger partial charge < -0.3 is 0 Å². The van der Waals surface area contributed by atoms with Crippen molar-refractivity contribution in [3.05, 3.63) is 0 Å². The van der Waals surface area contributed by atoms with E-state index >= 15 is 0 Å². The van der Waals surface area contributed by atoms with Crippen molar-refractivity contribution in [2.24, 2.45) is 0 Å². The van der Waals surface area contributed by atoms with Crippen LogP contribution in [0.25, 0.3) is 0 Å². The second kappa shape index (κ2) is 4.57. The molecule has 0 N–H and O–H groups in total. The summed E-state index contributed by atoms with van der Waals surface area (Å²) in [5.41, 5.74) is -4.30. The van der Waals surface area contributed by atoms with Gasteiger partial charge in [0.2, 0.25) is 9.05 Å². The Morgan fingerprint density at radius 2 is 1.83 bits per heavy atom. The Kier molecular flexibility index (Phi) is 4.71. The van der Waals surface area contributed by atoms with Gasteiger partial charge in [-0.25, -0.2) is 8.42 Å². The van der Waals surface area contributed by atoms with Crippen LogP contribution in [0.4, 0.5) is 13.2 Å². The van der Waals surface area contributed by atoms with Gasteiger partial charge >= 0.3 is 5.51 Å². The van der Waals surface area contributed by atoms with E-state index in [2.05, 4.69) is 0 Å². The van der Waals surface area contributed by atoms with Crippen LogP contribution in [0.1, 0.15) is 6.42 Å². The molecule has 0 atom stereocenters. The van der Waals surface area contributed by atoms with E-state index in [1.807, 2.05) is 0 Å². The van der Waals surface area contributed by atoms with Crippen molar-refractivity contribution in [1.29, 1.82) is 0 Å². The van der Waals surface area contributed by atoms with E-state index in [0.717, 1.165) is 0 Å². The minimum atomic E-state index is -4.30. The Hall–Kier alpha value is 0.380. The molecule has 0 aliphatic rings. The molecule has 0 amide bonds. The number of thioether (sulfide) groups is 1. The summed E-state index contributed by atoms with van der Waals surface area (Å²) >= 11 is -0.249. The van der Waals surface area contributed by atoms with Crippen molar-refractivity contribution >= 4 is 31.5 Å². The van der Waals surface area contributed by atoms with Gasteiger partial charge in [-0.1, -0.05) is 11.8 Å². The molecular weight excluding hydrogens is 237 g/mol.